The van der Waals surface area contributed by atoms with Crippen LogP contribution in [0.2, 0.25) is 0 Å². The number of nitrogens with zero attached hydrogens (tertiary/aromatic N) is 1. The molecule has 0 radical (unpaired) electrons. The molecule has 0 saturated heterocycles. The van der Waals surface area contributed by atoms with E-state index in [1.807, 2.05) is 29.6 Å². The normalized spacial score (nSPS) is 15.2. The Morgan fingerprint density at radius 2 is 2.00 bits per heavy atom. The quantitative estimate of drug-likeness (QED) is 0.868. The van der Waals surface area contributed by atoms with Gasteiger partial charge in [0.2, 0.25) is 5.91 Å². The lowest BCUT2D eigenvalue weighted by atomic mass is 10.0. The molecule has 3 nitrogen and oxygen atoms in total. The van der Waals surface area contributed by atoms with Gasteiger partial charge in [0.1, 0.15) is 5.01 Å². The van der Waals surface area contributed by atoms with Crippen molar-refractivity contribution in [3.05, 3.63) is 35.8 Å². The summed E-state index contributed by atoms with van der Waals surface area (Å²) in [4.78, 5) is 16.2. The van der Waals surface area contributed by atoms with Crippen molar-refractivity contribution in [3.8, 4) is 10.6 Å². The van der Waals surface area contributed by atoms with E-state index in [-0.39, 0.29) is 5.91 Å². The van der Waals surface area contributed by atoms with Gasteiger partial charge >= 0.3 is 0 Å². The van der Waals surface area contributed by atoms with Crippen molar-refractivity contribution in [1.29, 1.82) is 0 Å². The van der Waals surface area contributed by atoms with Gasteiger partial charge in [-0.2, -0.15) is 0 Å². The fraction of sp³-hybridized carbons (Fsp3) is 0.412. The Balaban J connectivity index is 1.51. The molecule has 2 aromatic rings. The first-order chi connectivity index (χ1) is 10.3. The van der Waals surface area contributed by atoms with Crippen LogP contribution >= 0.6 is 11.3 Å². The largest absolute Gasteiger partial charge is 0.326 e. The minimum absolute atomic E-state index is 0.129. The number of carbonyl (C=O) groups is 1. The van der Waals surface area contributed by atoms with Crippen LogP contribution in [0.1, 0.15) is 38.5 Å². The van der Waals surface area contributed by atoms with Crippen molar-refractivity contribution in [1.82, 2.24) is 4.98 Å². The van der Waals surface area contributed by atoms with Crippen molar-refractivity contribution in [3.63, 3.8) is 0 Å². The number of amides is 1. The predicted octanol–water partition coefficient (Wildman–Crippen LogP) is 4.72. The SMILES string of the molecule is O=C(CCC1CCCC1)Nc1ccc(-c2nccs2)cc1. The van der Waals surface area contributed by atoms with E-state index >= 15 is 0 Å². The number of aromatic nitrogens is 1. The molecule has 1 aliphatic rings. The van der Waals surface area contributed by atoms with E-state index in [4.69, 9.17) is 0 Å². The Hall–Kier alpha value is -1.68. The van der Waals surface area contributed by atoms with Crippen molar-refractivity contribution in [2.45, 2.75) is 38.5 Å². The van der Waals surface area contributed by atoms with Gasteiger partial charge in [0, 0.05) is 29.2 Å². The minimum Gasteiger partial charge on any atom is -0.326 e. The Kier molecular flexibility index (Phi) is 4.65. The summed E-state index contributed by atoms with van der Waals surface area (Å²) in [6.07, 6.45) is 8.75. The lowest BCUT2D eigenvalue weighted by molar-refractivity contribution is -0.116. The second kappa shape index (κ2) is 6.85. The molecule has 0 unspecified atom stereocenters. The highest BCUT2D eigenvalue weighted by Crippen LogP contribution is 2.28. The summed E-state index contributed by atoms with van der Waals surface area (Å²) in [6, 6.07) is 7.91. The molecule has 1 fully saturated rings. The van der Waals surface area contributed by atoms with Crippen LogP contribution in [0.3, 0.4) is 0 Å². The number of hydrogen-bond donors (Lipinski definition) is 1. The van der Waals surface area contributed by atoms with Gasteiger partial charge in [0.05, 0.1) is 0 Å². The van der Waals surface area contributed by atoms with Gasteiger partial charge in [0.25, 0.3) is 0 Å². The second-order valence-corrected chi connectivity index (χ2v) is 6.55. The van der Waals surface area contributed by atoms with Crippen molar-refractivity contribution < 1.29 is 4.79 Å². The summed E-state index contributed by atoms with van der Waals surface area (Å²) < 4.78 is 0. The van der Waals surface area contributed by atoms with Crippen molar-refractivity contribution in [2.24, 2.45) is 5.92 Å². The summed E-state index contributed by atoms with van der Waals surface area (Å²) >= 11 is 1.62. The van der Waals surface area contributed by atoms with Crippen LogP contribution in [0.5, 0.6) is 0 Å². The number of carbonyl (C=O) groups excluding carboxylic acids is 1. The molecule has 21 heavy (non-hydrogen) atoms. The highest BCUT2D eigenvalue weighted by atomic mass is 32.1. The highest BCUT2D eigenvalue weighted by molar-refractivity contribution is 7.13. The Bertz CT molecular complexity index is 571. The maximum Gasteiger partial charge on any atom is 0.224 e. The molecular weight excluding hydrogens is 280 g/mol. The van der Waals surface area contributed by atoms with Gasteiger partial charge in [-0.05, 0) is 36.6 Å². The van der Waals surface area contributed by atoms with E-state index in [2.05, 4.69) is 10.3 Å². The van der Waals surface area contributed by atoms with Crippen molar-refractivity contribution in [2.75, 3.05) is 5.32 Å². The van der Waals surface area contributed by atoms with Gasteiger partial charge in [-0.15, -0.1) is 11.3 Å². The second-order valence-electron chi connectivity index (χ2n) is 5.65. The third-order valence-corrected chi connectivity index (χ3v) is 4.92. The maximum absolute atomic E-state index is 12.0. The topological polar surface area (TPSA) is 42.0 Å². The van der Waals surface area contributed by atoms with E-state index in [1.54, 1.807) is 17.5 Å². The molecule has 1 aromatic heterocycles. The molecule has 0 atom stereocenters. The number of rotatable bonds is 5. The zero-order valence-corrected chi connectivity index (χ0v) is 12.9. The molecule has 0 bridgehead atoms. The summed E-state index contributed by atoms with van der Waals surface area (Å²) in [5, 5.41) is 5.96. The van der Waals surface area contributed by atoms with Crippen LogP contribution in [-0.4, -0.2) is 10.9 Å². The zero-order valence-electron chi connectivity index (χ0n) is 12.0. The Labute approximate surface area is 129 Å². The van der Waals surface area contributed by atoms with Crippen LogP contribution in [-0.2, 0) is 4.79 Å². The molecule has 4 heteroatoms. The fourth-order valence-electron chi connectivity index (χ4n) is 2.92. The van der Waals surface area contributed by atoms with E-state index in [1.165, 1.54) is 25.7 Å². The highest BCUT2D eigenvalue weighted by Gasteiger charge is 2.16. The van der Waals surface area contributed by atoms with Crippen LogP contribution < -0.4 is 5.32 Å². The first kappa shape index (κ1) is 14.3. The number of anilines is 1. The number of benzene rings is 1. The monoisotopic (exact) mass is 300 g/mol. The van der Waals surface area contributed by atoms with Gasteiger partial charge in [-0.3, -0.25) is 4.79 Å². The standard InChI is InChI=1S/C17H20N2OS/c20-16(10-5-13-3-1-2-4-13)19-15-8-6-14(7-9-15)17-18-11-12-21-17/h6-9,11-13H,1-5,10H2,(H,19,20). The molecular formula is C17H20N2OS. The molecule has 1 N–H and O–H groups in total. The molecule has 1 aliphatic carbocycles. The lowest BCUT2D eigenvalue weighted by Gasteiger charge is -2.09. The average Bonchev–Trinajstić information content (AvgIpc) is 3.19. The van der Waals surface area contributed by atoms with E-state index in [0.717, 1.165) is 28.6 Å². The van der Waals surface area contributed by atoms with E-state index in [0.29, 0.717) is 6.42 Å². The van der Waals surface area contributed by atoms with E-state index < -0.39 is 0 Å². The van der Waals surface area contributed by atoms with Crippen LogP contribution in [0.15, 0.2) is 35.8 Å². The molecule has 110 valence electrons. The summed E-state index contributed by atoms with van der Waals surface area (Å²) in [6.45, 7) is 0. The summed E-state index contributed by atoms with van der Waals surface area (Å²) in [5.74, 6) is 0.895. The molecule has 0 spiro atoms. The van der Waals surface area contributed by atoms with Crippen LogP contribution in [0.4, 0.5) is 5.69 Å². The third kappa shape index (κ3) is 3.91. The minimum atomic E-state index is 0.129. The fourth-order valence-corrected chi connectivity index (χ4v) is 3.56. The van der Waals surface area contributed by atoms with E-state index in [9.17, 15) is 4.79 Å². The van der Waals surface area contributed by atoms with Gasteiger partial charge < -0.3 is 5.32 Å². The summed E-state index contributed by atoms with van der Waals surface area (Å²) in [5.41, 5.74) is 1.96. The molecule has 1 amide bonds. The molecule has 0 aliphatic heterocycles. The van der Waals surface area contributed by atoms with Gasteiger partial charge in [0.15, 0.2) is 0 Å². The lowest BCUT2D eigenvalue weighted by Crippen LogP contribution is -2.12. The third-order valence-electron chi connectivity index (χ3n) is 4.10. The van der Waals surface area contributed by atoms with Crippen molar-refractivity contribution >= 4 is 22.9 Å². The van der Waals surface area contributed by atoms with Crippen LogP contribution in [0.25, 0.3) is 10.6 Å². The number of hydrogen-bond acceptors (Lipinski definition) is 3. The molecule has 1 heterocycles. The Morgan fingerprint density at radius 3 is 2.67 bits per heavy atom. The predicted molar refractivity (Wildman–Crippen MR) is 87.4 cm³/mol. The van der Waals surface area contributed by atoms with Crippen LogP contribution in [0, 0.1) is 5.92 Å². The first-order valence-corrected chi connectivity index (χ1v) is 8.49. The Morgan fingerprint density at radius 1 is 1.24 bits per heavy atom. The molecule has 3 rings (SSSR count). The van der Waals surface area contributed by atoms with Gasteiger partial charge in [-0.1, -0.05) is 25.7 Å². The number of thiazole rings is 1. The number of nitrogens with one attached hydrogen (secondary N) is 1. The average molecular weight is 300 g/mol. The molecule has 1 saturated carbocycles. The molecule has 1 aromatic carbocycles. The zero-order chi connectivity index (χ0) is 14.5. The first-order valence-electron chi connectivity index (χ1n) is 7.61. The summed E-state index contributed by atoms with van der Waals surface area (Å²) in [7, 11) is 0. The maximum atomic E-state index is 12.0. The smallest absolute Gasteiger partial charge is 0.224 e. The van der Waals surface area contributed by atoms with Gasteiger partial charge in [-0.25, -0.2) is 4.98 Å².